The molecule has 1 amide bonds. The van der Waals surface area contributed by atoms with E-state index in [9.17, 15) is 9.59 Å². The summed E-state index contributed by atoms with van der Waals surface area (Å²) in [4.78, 5) is 23.7. The van der Waals surface area contributed by atoms with Crippen LogP contribution in [0.15, 0.2) is 18.2 Å². The van der Waals surface area contributed by atoms with Crippen LogP contribution in [0.3, 0.4) is 0 Å². The molecule has 0 atom stereocenters. The summed E-state index contributed by atoms with van der Waals surface area (Å²) in [5.74, 6) is -1.54. The van der Waals surface area contributed by atoms with Gasteiger partial charge in [-0.2, -0.15) is 0 Å². The third kappa shape index (κ3) is 3.37. The van der Waals surface area contributed by atoms with Crippen LogP contribution in [0.1, 0.15) is 10.4 Å². The summed E-state index contributed by atoms with van der Waals surface area (Å²) < 4.78 is 0. The highest BCUT2D eigenvalue weighted by Gasteiger charge is 2.09. The van der Waals surface area contributed by atoms with Gasteiger partial charge in [0.2, 0.25) is 0 Å². The molecular formula is C11H15N3O3. The number of benzene rings is 1. The summed E-state index contributed by atoms with van der Waals surface area (Å²) in [6.07, 6.45) is 0. The number of nitrogens with two attached hydrogens (primary N) is 1. The highest BCUT2D eigenvalue weighted by atomic mass is 16.4. The minimum absolute atomic E-state index is 0.342. The van der Waals surface area contributed by atoms with E-state index in [1.54, 1.807) is 12.1 Å². The SMILES string of the molecule is CN(C)c1ccc(C(=O)NCC(=O)O)cc1N. The van der Waals surface area contributed by atoms with Crippen LogP contribution in [0.5, 0.6) is 0 Å². The Morgan fingerprint density at radius 2 is 2.06 bits per heavy atom. The number of anilines is 2. The molecule has 4 N–H and O–H groups in total. The predicted molar refractivity (Wildman–Crippen MR) is 65.2 cm³/mol. The molecule has 0 saturated carbocycles. The zero-order chi connectivity index (χ0) is 13.0. The number of nitrogens with zero attached hydrogens (tertiary/aromatic N) is 1. The Balaban J connectivity index is 2.83. The highest BCUT2D eigenvalue weighted by molar-refractivity contribution is 5.97. The molecule has 0 aliphatic heterocycles. The molecule has 0 spiro atoms. The van der Waals surface area contributed by atoms with Crippen LogP contribution < -0.4 is 16.0 Å². The summed E-state index contributed by atoms with van der Waals surface area (Å²) in [7, 11) is 3.69. The molecule has 6 nitrogen and oxygen atoms in total. The number of amides is 1. The van der Waals surface area contributed by atoms with Gasteiger partial charge in [-0.15, -0.1) is 0 Å². The monoisotopic (exact) mass is 237 g/mol. The van der Waals surface area contributed by atoms with Crippen molar-refractivity contribution in [2.45, 2.75) is 0 Å². The second kappa shape index (κ2) is 5.20. The molecule has 92 valence electrons. The number of carboxylic acids is 1. The third-order valence-electron chi connectivity index (χ3n) is 2.17. The van der Waals surface area contributed by atoms with Crippen molar-refractivity contribution in [2.75, 3.05) is 31.3 Å². The van der Waals surface area contributed by atoms with Gasteiger partial charge in [-0.05, 0) is 18.2 Å². The number of hydrogen-bond acceptors (Lipinski definition) is 4. The lowest BCUT2D eigenvalue weighted by atomic mass is 10.1. The number of aliphatic carboxylic acids is 1. The summed E-state index contributed by atoms with van der Waals surface area (Å²) in [6, 6.07) is 4.83. The van der Waals surface area contributed by atoms with Crippen LogP contribution in [0.4, 0.5) is 11.4 Å². The maximum Gasteiger partial charge on any atom is 0.322 e. The lowest BCUT2D eigenvalue weighted by Crippen LogP contribution is -2.29. The minimum atomic E-state index is -1.09. The Morgan fingerprint density at radius 1 is 1.41 bits per heavy atom. The van der Waals surface area contributed by atoms with Crippen molar-refractivity contribution in [3.05, 3.63) is 23.8 Å². The van der Waals surface area contributed by atoms with Crippen molar-refractivity contribution < 1.29 is 14.7 Å². The fourth-order valence-electron chi connectivity index (χ4n) is 1.36. The average Bonchev–Trinajstić information content (AvgIpc) is 2.25. The molecule has 0 heterocycles. The maximum absolute atomic E-state index is 11.5. The topological polar surface area (TPSA) is 95.7 Å². The molecule has 0 radical (unpaired) electrons. The predicted octanol–water partition coefficient (Wildman–Crippen LogP) is 0.149. The summed E-state index contributed by atoms with van der Waals surface area (Å²) in [5, 5.41) is 10.7. The largest absolute Gasteiger partial charge is 0.480 e. The van der Waals surface area contributed by atoms with Crippen molar-refractivity contribution in [1.82, 2.24) is 5.32 Å². The summed E-state index contributed by atoms with van der Waals surface area (Å²) >= 11 is 0. The quantitative estimate of drug-likeness (QED) is 0.648. The van der Waals surface area contributed by atoms with Gasteiger partial charge in [0.1, 0.15) is 6.54 Å². The van der Waals surface area contributed by atoms with Gasteiger partial charge in [-0.3, -0.25) is 9.59 Å². The second-order valence-electron chi connectivity index (χ2n) is 3.74. The van der Waals surface area contributed by atoms with Gasteiger partial charge in [0.05, 0.1) is 11.4 Å². The van der Waals surface area contributed by atoms with Crippen LogP contribution in [-0.2, 0) is 4.79 Å². The highest BCUT2D eigenvalue weighted by Crippen LogP contribution is 2.22. The Hall–Kier alpha value is -2.24. The summed E-state index contributed by atoms with van der Waals surface area (Å²) in [5.41, 5.74) is 7.40. The molecule has 17 heavy (non-hydrogen) atoms. The first-order chi connectivity index (χ1) is 7.91. The van der Waals surface area contributed by atoms with E-state index in [0.717, 1.165) is 5.69 Å². The Morgan fingerprint density at radius 3 is 2.53 bits per heavy atom. The van der Waals surface area contributed by atoms with E-state index in [1.165, 1.54) is 6.07 Å². The molecule has 1 rings (SSSR count). The normalized spacial score (nSPS) is 9.76. The van der Waals surface area contributed by atoms with Crippen molar-refractivity contribution in [2.24, 2.45) is 0 Å². The number of carbonyl (C=O) groups excluding carboxylic acids is 1. The van der Waals surface area contributed by atoms with Crippen molar-refractivity contribution in [1.29, 1.82) is 0 Å². The Bertz CT molecular complexity index is 444. The molecule has 0 unspecified atom stereocenters. The molecule has 1 aromatic carbocycles. The minimum Gasteiger partial charge on any atom is -0.480 e. The Kier molecular flexibility index (Phi) is 3.92. The van der Waals surface area contributed by atoms with Crippen LogP contribution in [0, 0.1) is 0 Å². The van der Waals surface area contributed by atoms with E-state index < -0.39 is 18.4 Å². The van der Waals surface area contributed by atoms with E-state index in [4.69, 9.17) is 10.8 Å². The fraction of sp³-hybridized carbons (Fsp3) is 0.273. The molecule has 1 aromatic rings. The van der Waals surface area contributed by atoms with Crippen LogP contribution in [0.2, 0.25) is 0 Å². The van der Waals surface area contributed by atoms with Crippen LogP contribution >= 0.6 is 0 Å². The van der Waals surface area contributed by atoms with E-state index in [0.29, 0.717) is 11.3 Å². The first-order valence-electron chi connectivity index (χ1n) is 4.98. The fourth-order valence-corrected chi connectivity index (χ4v) is 1.36. The summed E-state index contributed by atoms with van der Waals surface area (Å²) in [6.45, 7) is -0.409. The van der Waals surface area contributed by atoms with Gasteiger partial charge in [0, 0.05) is 19.7 Å². The van der Waals surface area contributed by atoms with Crippen molar-refractivity contribution in [3.63, 3.8) is 0 Å². The standard InChI is InChI=1S/C11H15N3O3/c1-14(2)9-4-3-7(5-8(9)12)11(17)13-6-10(15)16/h3-5H,6,12H2,1-2H3,(H,13,17)(H,15,16). The maximum atomic E-state index is 11.5. The second-order valence-corrected chi connectivity index (χ2v) is 3.74. The van der Waals surface area contributed by atoms with Gasteiger partial charge in [-0.25, -0.2) is 0 Å². The van der Waals surface area contributed by atoms with Gasteiger partial charge in [-0.1, -0.05) is 0 Å². The van der Waals surface area contributed by atoms with Crippen molar-refractivity contribution in [3.8, 4) is 0 Å². The number of rotatable bonds is 4. The molecule has 6 heteroatoms. The number of carboxylic acid groups (broad SMARTS) is 1. The van der Waals surface area contributed by atoms with Crippen LogP contribution in [-0.4, -0.2) is 37.6 Å². The number of nitrogen functional groups attached to an aromatic ring is 1. The van der Waals surface area contributed by atoms with E-state index >= 15 is 0 Å². The van der Waals surface area contributed by atoms with E-state index in [1.807, 2.05) is 19.0 Å². The molecule has 0 bridgehead atoms. The van der Waals surface area contributed by atoms with Crippen LogP contribution in [0.25, 0.3) is 0 Å². The lowest BCUT2D eigenvalue weighted by molar-refractivity contribution is -0.135. The number of carbonyl (C=O) groups is 2. The molecule has 0 fully saturated rings. The average molecular weight is 237 g/mol. The van der Waals surface area contributed by atoms with Gasteiger partial charge in [0.25, 0.3) is 5.91 Å². The smallest absolute Gasteiger partial charge is 0.322 e. The third-order valence-corrected chi connectivity index (χ3v) is 2.17. The molecule has 0 aliphatic carbocycles. The van der Waals surface area contributed by atoms with E-state index in [-0.39, 0.29) is 0 Å². The number of nitrogens with one attached hydrogen (secondary N) is 1. The molecule has 0 saturated heterocycles. The van der Waals surface area contributed by atoms with E-state index in [2.05, 4.69) is 5.32 Å². The molecular weight excluding hydrogens is 222 g/mol. The first kappa shape index (κ1) is 12.8. The molecule has 0 aliphatic rings. The van der Waals surface area contributed by atoms with Gasteiger partial charge in [0.15, 0.2) is 0 Å². The zero-order valence-corrected chi connectivity index (χ0v) is 9.73. The van der Waals surface area contributed by atoms with Gasteiger partial charge < -0.3 is 21.1 Å². The number of hydrogen-bond donors (Lipinski definition) is 3. The Labute approximate surface area is 99.0 Å². The van der Waals surface area contributed by atoms with Gasteiger partial charge >= 0.3 is 5.97 Å². The first-order valence-corrected chi connectivity index (χ1v) is 4.98. The lowest BCUT2D eigenvalue weighted by Gasteiger charge is -2.15. The van der Waals surface area contributed by atoms with Crippen molar-refractivity contribution >= 4 is 23.3 Å². The molecule has 0 aromatic heterocycles. The zero-order valence-electron chi connectivity index (χ0n) is 9.73.